The van der Waals surface area contributed by atoms with Crippen LogP contribution >= 0.6 is 0 Å². The summed E-state index contributed by atoms with van der Waals surface area (Å²) in [4.78, 5) is 27.5. The molecule has 0 aliphatic heterocycles. The fraction of sp³-hybridized carbons (Fsp3) is 0.278. The first-order valence-corrected chi connectivity index (χ1v) is 7.87. The van der Waals surface area contributed by atoms with E-state index in [4.69, 9.17) is 0 Å². The number of carbonyl (C=O) groups excluding carboxylic acids is 1. The molecule has 0 saturated heterocycles. The van der Waals surface area contributed by atoms with Gasteiger partial charge in [-0.25, -0.2) is 4.79 Å². The van der Waals surface area contributed by atoms with E-state index in [0.717, 1.165) is 12.0 Å². The third-order valence-electron chi connectivity index (χ3n) is 3.50. The summed E-state index contributed by atoms with van der Waals surface area (Å²) in [5.41, 5.74) is 1.81. The lowest BCUT2D eigenvalue weighted by Crippen LogP contribution is -2.29. The van der Waals surface area contributed by atoms with E-state index in [1.165, 1.54) is 6.20 Å². The Bertz CT molecular complexity index is 689. The third-order valence-corrected chi connectivity index (χ3v) is 3.50. The van der Waals surface area contributed by atoms with Gasteiger partial charge >= 0.3 is 5.97 Å². The second-order valence-electron chi connectivity index (χ2n) is 5.42. The minimum atomic E-state index is -0.913. The summed E-state index contributed by atoms with van der Waals surface area (Å²) >= 11 is 0. The standard InChI is InChI=1S/C18H21N3O3/c1-2-6-15(18(23)24)21-14-9-10-19-16(11-14)17(22)20-12-13-7-4-3-5-8-13/h3-5,7-11,15H,2,6,12H2,1H3,(H,19,21)(H,20,22)(H,23,24). The zero-order chi connectivity index (χ0) is 17.4. The van der Waals surface area contributed by atoms with Crippen molar-refractivity contribution in [3.63, 3.8) is 0 Å². The van der Waals surface area contributed by atoms with Gasteiger partial charge in [0.05, 0.1) is 0 Å². The minimum Gasteiger partial charge on any atom is -0.480 e. The summed E-state index contributed by atoms with van der Waals surface area (Å²) in [5, 5.41) is 14.9. The molecule has 1 aromatic carbocycles. The number of anilines is 1. The van der Waals surface area contributed by atoms with Gasteiger partial charge in [-0.3, -0.25) is 9.78 Å². The van der Waals surface area contributed by atoms with Gasteiger partial charge in [-0.15, -0.1) is 0 Å². The van der Waals surface area contributed by atoms with Gasteiger partial charge in [0.25, 0.3) is 5.91 Å². The van der Waals surface area contributed by atoms with E-state index in [1.807, 2.05) is 37.3 Å². The number of rotatable bonds is 8. The van der Waals surface area contributed by atoms with Crippen molar-refractivity contribution in [1.82, 2.24) is 10.3 Å². The molecule has 6 heteroatoms. The van der Waals surface area contributed by atoms with Crippen LogP contribution in [0.1, 0.15) is 35.8 Å². The van der Waals surface area contributed by atoms with Crippen LogP contribution in [0.25, 0.3) is 0 Å². The molecule has 6 nitrogen and oxygen atoms in total. The van der Waals surface area contributed by atoms with Crippen molar-refractivity contribution in [1.29, 1.82) is 0 Å². The molecule has 0 saturated carbocycles. The van der Waals surface area contributed by atoms with Gasteiger partial charge in [0.1, 0.15) is 11.7 Å². The molecule has 126 valence electrons. The Hall–Kier alpha value is -2.89. The topological polar surface area (TPSA) is 91.3 Å². The SMILES string of the molecule is CCCC(Nc1ccnc(C(=O)NCc2ccccc2)c1)C(=O)O. The van der Waals surface area contributed by atoms with Crippen molar-refractivity contribution in [2.45, 2.75) is 32.4 Å². The molecule has 1 unspecified atom stereocenters. The largest absolute Gasteiger partial charge is 0.480 e. The molecular weight excluding hydrogens is 306 g/mol. The second-order valence-corrected chi connectivity index (χ2v) is 5.42. The zero-order valence-corrected chi connectivity index (χ0v) is 13.5. The summed E-state index contributed by atoms with van der Waals surface area (Å²) in [6.45, 7) is 2.33. The van der Waals surface area contributed by atoms with E-state index in [0.29, 0.717) is 18.7 Å². The van der Waals surface area contributed by atoms with E-state index in [-0.39, 0.29) is 11.6 Å². The van der Waals surface area contributed by atoms with Crippen LogP contribution < -0.4 is 10.6 Å². The lowest BCUT2D eigenvalue weighted by Gasteiger charge is -2.15. The number of nitrogens with one attached hydrogen (secondary N) is 2. The lowest BCUT2D eigenvalue weighted by molar-refractivity contribution is -0.138. The summed E-state index contributed by atoms with van der Waals surface area (Å²) < 4.78 is 0. The van der Waals surface area contributed by atoms with Crippen molar-refractivity contribution in [2.75, 3.05) is 5.32 Å². The number of nitrogens with zero attached hydrogens (tertiary/aromatic N) is 1. The zero-order valence-electron chi connectivity index (χ0n) is 13.5. The van der Waals surface area contributed by atoms with E-state index < -0.39 is 12.0 Å². The molecule has 1 aromatic heterocycles. The van der Waals surface area contributed by atoms with Crippen LogP contribution in [0.4, 0.5) is 5.69 Å². The maximum Gasteiger partial charge on any atom is 0.326 e. The van der Waals surface area contributed by atoms with Crippen LogP contribution in [0.5, 0.6) is 0 Å². The number of carbonyl (C=O) groups is 2. The number of amides is 1. The highest BCUT2D eigenvalue weighted by atomic mass is 16.4. The van der Waals surface area contributed by atoms with Gasteiger partial charge in [0, 0.05) is 18.4 Å². The maximum atomic E-state index is 12.2. The average molecular weight is 327 g/mol. The van der Waals surface area contributed by atoms with Gasteiger partial charge in [0.15, 0.2) is 0 Å². The summed E-state index contributed by atoms with van der Waals surface area (Å²) in [6, 6.07) is 12.1. The molecule has 0 radical (unpaired) electrons. The molecule has 0 bridgehead atoms. The number of carboxylic acid groups (broad SMARTS) is 1. The quantitative estimate of drug-likeness (QED) is 0.693. The minimum absolute atomic E-state index is 0.247. The highest BCUT2D eigenvalue weighted by molar-refractivity contribution is 5.93. The van der Waals surface area contributed by atoms with Gasteiger partial charge < -0.3 is 15.7 Å². The van der Waals surface area contributed by atoms with E-state index in [2.05, 4.69) is 15.6 Å². The Morgan fingerprint density at radius 1 is 1.21 bits per heavy atom. The van der Waals surface area contributed by atoms with Gasteiger partial charge in [0.2, 0.25) is 0 Å². The van der Waals surface area contributed by atoms with Crippen molar-refractivity contribution >= 4 is 17.6 Å². The number of carboxylic acids is 1. The molecule has 24 heavy (non-hydrogen) atoms. The van der Waals surface area contributed by atoms with Crippen molar-refractivity contribution in [3.05, 3.63) is 59.9 Å². The maximum absolute atomic E-state index is 12.2. The Morgan fingerprint density at radius 2 is 1.96 bits per heavy atom. The van der Waals surface area contributed by atoms with Crippen LogP contribution in [-0.4, -0.2) is 28.0 Å². The highest BCUT2D eigenvalue weighted by Crippen LogP contribution is 2.12. The van der Waals surface area contributed by atoms with E-state index in [1.54, 1.807) is 12.1 Å². The molecule has 1 heterocycles. The first-order valence-electron chi connectivity index (χ1n) is 7.87. The fourth-order valence-electron chi connectivity index (χ4n) is 2.26. The fourth-order valence-corrected chi connectivity index (χ4v) is 2.26. The molecule has 0 aliphatic rings. The van der Waals surface area contributed by atoms with Gasteiger partial charge in [-0.05, 0) is 24.1 Å². The molecule has 2 aromatic rings. The predicted molar refractivity (Wildman–Crippen MR) is 91.8 cm³/mol. The van der Waals surface area contributed by atoms with Crippen LogP contribution in [0.3, 0.4) is 0 Å². The molecule has 1 amide bonds. The molecular formula is C18H21N3O3. The van der Waals surface area contributed by atoms with Crippen molar-refractivity contribution in [2.24, 2.45) is 0 Å². The first-order chi connectivity index (χ1) is 11.6. The smallest absolute Gasteiger partial charge is 0.326 e. The Balaban J connectivity index is 2.00. The predicted octanol–water partition coefficient (Wildman–Crippen LogP) is 2.68. The molecule has 3 N–H and O–H groups in total. The van der Waals surface area contributed by atoms with Gasteiger partial charge in [-0.2, -0.15) is 0 Å². The van der Waals surface area contributed by atoms with Gasteiger partial charge in [-0.1, -0.05) is 43.7 Å². The Morgan fingerprint density at radius 3 is 2.62 bits per heavy atom. The summed E-state index contributed by atoms with van der Waals surface area (Å²) in [6.07, 6.45) is 2.75. The van der Waals surface area contributed by atoms with Crippen molar-refractivity contribution in [3.8, 4) is 0 Å². The average Bonchev–Trinajstić information content (AvgIpc) is 2.60. The molecule has 0 fully saturated rings. The summed E-state index contributed by atoms with van der Waals surface area (Å²) in [7, 11) is 0. The van der Waals surface area contributed by atoms with Crippen LogP contribution in [0.15, 0.2) is 48.7 Å². The Kier molecular flexibility index (Phi) is 6.31. The lowest BCUT2D eigenvalue weighted by atomic mass is 10.1. The normalized spacial score (nSPS) is 11.5. The van der Waals surface area contributed by atoms with Crippen molar-refractivity contribution < 1.29 is 14.7 Å². The number of hydrogen-bond donors (Lipinski definition) is 3. The molecule has 0 aliphatic carbocycles. The second kappa shape index (κ2) is 8.67. The number of aromatic nitrogens is 1. The van der Waals surface area contributed by atoms with Crippen LogP contribution in [0.2, 0.25) is 0 Å². The molecule has 0 spiro atoms. The van der Waals surface area contributed by atoms with Crippen LogP contribution in [-0.2, 0) is 11.3 Å². The van der Waals surface area contributed by atoms with E-state index >= 15 is 0 Å². The van der Waals surface area contributed by atoms with Crippen LogP contribution in [0, 0.1) is 0 Å². The number of benzene rings is 1. The number of hydrogen-bond acceptors (Lipinski definition) is 4. The molecule has 2 rings (SSSR count). The third kappa shape index (κ3) is 5.08. The number of pyridine rings is 1. The molecule has 1 atom stereocenters. The number of aliphatic carboxylic acids is 1. The van der Waals surface area contributed by atoms with E-state index in [9.17, 15) is 14.7 Å². The highest BCUT2D eigenvalue weighted by Gasteiger charge is 2.16. The Labute approximate surface area is 140 Å². The first kappa shape index (κ1) is 17.5. The summed E-state index contributed by atoms with van der Waals surface area (Å²) in [5.74, 6) is -1.21. The monoisotopic (exact) mass is 327 g/mol.